The summed E-state index contributed by atoms with van der Waals surface area (Å²) >= 11 is 1.89. The van der Waals surface area contributed by atoms with Crippen LogP contribution in [0.3, 0.4) is 0 Å². The van der Waals surface area contributed by atoms with Gasteiger partial charge in [-0.25, -0.2) is 0 Å². The van der Waals surface area contributed by atoms with Gasteiger partial charge in [0.2, 0.25) is 0 Å². The van der Waals surface area contributed by atoms with Gasteiger partial charge < -0.3 is 10.4 Å². The van der Waals surface area contributed by atoms with Crippen LogP contribution in [0.1, 0.15) is 30.0 Å². The summed E-state index contributed by atoms with van der Waals surface area (Å²) in [5, 5.41) is 13.0. The standard InChI is InChI=1S/C14H21NOS/c1-15-14-12-7-3-2-5-11(12)6-4-8-13(14)17-10-9-16/h2-3,5,7,13-16H,4,6,8-10H2,1H3. The van der Waals surface area contributed by atoms with Crippen LogP contribution in [0.5, 0.6) is 0 Å². The van der Waals surface area contributed by atoms with Crippen molar-refractivity contribution in [3.8, 4) is 0 Å². The van der Waals surface area contributed by atoms with E-state index in [0.717, 1.165) is 5.75 Å². The first-order chi connectivity index (χ1) is 8.36. The zero-order valence-electron chi connectivity index (χ0n) is 10.4. The normalized spacial score (nSPS) is 24.1. The molecule has 2 N–H and O–H groups in total. The van der Waals surface area contributed by atoms with Crippen LogP contribution in [-0.2, 0) is 6.42 Å². The quantitative estimate of drug-likeness (QED) is 0.806. The summed E-state index contributed by atoms with van der Waals surface area (Å²) in [7, 11) is 2.04. The Kier molecular flexibility index (Phi) is 4.89. The largest absolute Gasteiger partial charge is 0.396 e. The van der Waals surface area contributed by atoms with Gasteiger partial charge in [0.15, 0.2) is 0 Å². The summed E-state index contributed by atoms with van der Waals surface area (Å²) in [4.78, 5) is 0. The van der Waals surface area contributed by atoms with Gasteiger partial charge in [-0.1, -0.05) is 24.3 Å². The molecule has 0 fully saturated rings. The maximum atomic E-state index is 8.98. The van der Waals surface area contributed by atoms with Gasteiger partial charge in [0.05, 0.1) is 6.61 Å². The SMILES string of the molecule is CNC1c2ccccc2CCCC1SCCO. The smallest absolute Gasteiger partial charge is 0.0521 e. The van der Waals surface area contributed by atoms with Crippen molar-refractivity contribution >= 4 is 11.8 Å². The molecule has 2 atom stereocenters. The lowest BCUT2D eigenvalue weighted by molar-refractivity contribution is 0.322. The Morgan fingerprint density at radius 3 is 3.00 bits per heavy atom. The van der Waals surface area contributed by atoms with Crippen molar-refractivity contribution < 1.29 is 5.11 Å². The lowest BCUT2D eigenvalue weighted by Gasteiger charge is -2.25. The van der Waals surface area contributed by atoms with Crippen molar-refractivity contribution in [3.63, 3.8) is 0 Å². The Morgan fingerprint density at radius 1 is 1.41 bits per heavy atom. The van der Waals surface area contributed by atoms with Gasteiger partial charge in [0, 0.05) is 17.0 Å². The maximum Gasteiger partial charge on any atom is 0.0521 e. The summed E-state index contributed by atoms with van der Waals surface area (Å²) in [6.45, 7) is 0.277. The predicted molar refractivity (Wildman–Crippen MR) is 74.5 cm³/mol. The molecule has 17 heavy (non-hydrogen) atoms. The highest BCUT2D eigenvalue weighted by atomic mass is 32.2. The van der Waals surface area contributed by atoms with E-state index in [-0.39, 0.29) is 6.61 Å². The van der Waals surface area contributed by atoms with E-state index >= 15 is 0 Å². The lowest BCUT2D eigenvalue weighted by atomic mass is 9.99. The molecule has 0 bridgehead atoms. The fraction of sp³-hybridized carbons (Fsp3) is 0.571. The molecule has 0 amide bonds. The van der Waals surface area contributed by atoms with E-state index in [4.69, 9.17) is 5.11 Å². The van der Waals surface area contributed by atoms with Crippen molar-refractivity contribution in [1.29, 1.82) is 0 Å². The highest BCUT2D eigenvalue weighted by molar-refractivity contribution is 7.99. The summed E-state index contributed by atoms with van der Waals surface area (Å²) in [6.07, 6.45) is 3.66. The molecule has 2 rings (SSSR count). The zero-order chi connectivity index (χ0) is 12.1. The molecule has 1 aromatic rings. The number of aliphatic hydroxyl groups is 1. The number of hydrogen-bond acceptors (Lipinski definition) is 3. The van der Waals surface area contributed by atoms with Gasteiger partial charge in [0.25, 0.3) is 0 Å². The third kappa shape index (κ3) is 3.03. The second kappa shape index (κ2) is 6.43. The minimum Gasteiger partial charge on any atom is -0.396 e. The number of thioether (sulfide) groups is 1. The highest BCUT2D eigenvalue weighted by Gasteiger charge is 2.26. The van der Waals surface area contributed by atoms with E-state index in [1.165, 1.54) is 30.4 Å². The number of benzene rings is 1. The van der Waals surface area contributed by atoms with E-state index in [0.29, 0.717) is 11.3 Å². The molecular weight excluding hydrogens is 230 g/mol. The van der Waals surface area contributed by atoms with Gasteiger partial charge in [-0.15, -0.1) is 0 Å². The van der Waals surface area contributed by atoms with Gasteiger partial charge in [-0.2, -0.15) is 11.8 Å². The Labute approximate surface area is 108 Å². The molecule has 1 aliphatic rings. The zero-order valence-corrected chi connectivity index (χ0v) is 11.2. The Bertz CT molecular complexity index is 354. The Morgan fingerprint density at radius 2 is 2.24 bits per heavy atom. The minimum atomic E-state index is 0.277. The molecule has 2 unspecified atom stereocenters. The molecule has 2 nitrogen and oxygen atoms in total. The van der Waals surface area contributed by atoms with E-state index in [9.17, 15) is 0 Å². The molecule has 0 spiro atoms. The van der Waals surface area contributed by atoms with E-state index in [2.05, 4.69) is 29.6 Å². The molecule has 0 heterocycles. The highest BCUT2D eigenvalue weighted by Crippen LogP contribution is 2.35. The van der Waals surface area contributed by atoms with Crippen LogP contribution in [0.4, 0.5) is 0 Å². The van der Waals surface area contributed by atoms with Crippen LogP contribution in [0.2, 0.25) is 0 Å². The number of fused-ring (bicyclic) bond motifs is 1. The van der Waals surface area contributed by atoms with Crippen molar-refractivity contribution in [1.82, 2.24) is 5.32 Å². The van der Waals surface area contributed by atoms with Crippen molar-refractivity contribution in [3.05, 3.63) is 35.4 Å². The van der Waals surface area contributed by atoms with E-state index in [1.54, 1.807) is 0 Å². The summed E-state index contributed by atoms with van der Waals surface area (Å²) in [5.41, 5.74) is 2.93. The van der Waals surface area contributed by atoms with Gasteiger partial charge >= 0.3 is 0 Å². The summed E-state index contributed by atoms with van der Waals surface area (Å²) < 4.78 is 0. The molecular formula is C14H21NOS. The first-order valence-electron chi connectivity index (χ1n) is 6.34. The van der Waals surface area contributed by atoms with E-state index in [1.807, 2.05) is 18.8 Å². The van der Waals surface area contributed by atoms with Crippen LogP contribution in [0.15, 0.2) is 24.3 Å². The molecule has 0 saturated heterocycles. The molecule has 0 saturated carbocycles. The monoisotopic (exact) mass is 251 g/mol. The van der Waals surface area contributed by atoms with Crippen molar-refractivity contribution in [2.24, 2.45) is 0 Å². The van der Waals surface area contributed by atoms with Crippen molar-refractivity contribution in [2.45, 2.75) is 30.6 Å². The molecule has 1 aliphatic carbocycles. The van der Waals surface area contributed by atoms with Gasteiger partial charge in [0.1, 0.15) is 0 Å². The predicted octanol–water partition coefficient (Wildman–Crippen LogP) is 2.38. The topological polar surface area (TPSA) is 32.3 Å². The third-order valence-corrected chi connectivity index (χ3v) is 4.79. The van der Waals surface area contributed by atoms with Crippen LogP contribution in [0.25, 0.3) is 0 Å². The van der Waals surface area contributed by atoms with Crippen LogP contribution in [0, 0.1) is 0 Å². The molecule has 1 aromatic carbocycles. The summed E-state index contributed by atoms with van der Waals surface area (Å²) in [5.74, 6) is 0.838. The maximum absolute atomic E-state index is 8.98. The number of hydrogen-bond donors (Lipinski definition) is 2. The average Bonchev–Trinajstić information content (AvgIpc) is 2.54. The molecule has 0 aromatic heterocycles. The number of nitrogens with one attached hydrogen (secondary N) is 1. The lowest BCUT2D eigenvalue weighted by Crippen LogP contribution is -2.27. The first-order valence-corrected chi connectivity index (χ1v) is 7.39. The van der Waals surface area contributed by atoms with Crippen LogP contribution >= 0.6 is 11.8 Å². The van der Waals surface area contributed by atoms with Crippen LogP contribution < -0.4 is 5.32 Å². The van der Waals surface area contributed by atoms with Gasteiger partial charge in [-0.05, 0) is 37.4 Å². The average molecular weight is 251 g/mol. The van der Waals surface area contributed by atoms with E-state index < -0.39 is 0 Å². The third-order valence-electron chi connectivity index (χ3n) is 3.43. The Hall–Kier alpha value is -0.510. The van der Waals surface area contributed by atoms with Crippen LogP contribution in [-0.4, -0.2) is 29.8 Å². The molecule has 3 heteroatoms. The molecule has 0 radical (unpaired) electrons. The molecule has 94 valence electrons. The number of rotatable bonds is 4. The Balaban J connectivity index is 2.21. The van der Waals surface area contributed by atoms with Gasteiger partial charge in [-0.3, -0.25) is 0 Å². The fourth-order valence-electron chi connectivity index (χ4n) is 2.65. The number of aryl methyl sites for hydroxylation is 1. The fourth-order valence-corrected chi connectivity index (χ4v) is 3.87. The molecule has 0 aliphatic heterocycles. The second-order valence-corrected chi connectivity index (χ2v) is 5.84. The first kappa shape index (κ1) is 12.9. The minimum absolute atomic E-state index is 0.277. The van der Waals surface area contributed by atoms with Crippen molar-refractivity contribution in [2.75, 3.05) is 19.4 Å². The summed E-state index contributed by atoms with van der Waals surface area (Å²) in [6, 6.07) is 9.17. The number of aliphatic hydroxyl groups excluding tert-OH is 1. The second-order valence-electron chi connectivity index (χ2n) is 4.49.